The number of hydrogen-bond donors (Lipinski definition) is 0. The van der Waals surface area contributed by atoms with Gasteiger partial charge in [0, 0.05) is 45.6 Å². The molecule has 2 heterocycles. The van der Waals surface area contributed by atoms with Crippen LogP contribution in [-0.2, 0) is 17.1 Å². The van der Waals surface area contributed by atoms with Crippen molar-refractivity contribution >= 4 is 15.9 Å². The van der Waals surface area contributed by atoms with Gasteiger partial charge in [0.2, 0.25) is 10.0 Å². The van der Waals surface area contributed by atoms with Crippen LogP contribution in [0.1, 0.15) is 36.5 Å². The number of carbonyl (C=O) groups excluding carboxylic acids is 1. The quantitative estimate of drug-likeness (QED) is 0.819. The van der Waals surface area contributed by atoms with Crippen LogP contribution in [-0.4, -0.2) is 60.0 Å². The molecule has 1 aliphatic heterocycles. The summed E-state index contributed by atoms with van der Waals surface area (Å²) in [5, 5.41) is 0. The molecule has 124 valence electrons. The van der Waals surface area contributed by atoms with E-state index in [0.717, 1.165) is 6.42 Å². The third-order valence-electron chi connectivity index (χ3n) is 3.97. The molecule has 1 aromatic rings. The lowest BCUT2D eigenvalue weighted by molar-refractivity contribution is 0.0764. The normalized spacial score (nSPS) is 17.5. The number of amides is 1. The average molecular weight is 327 g/mol. The average Bonchev–Trinajstić information content (AvgIpc) is 2.76. The second-order valence-electron chi connectivity index (χ2n) is 5.78. The molecule has 1 aromatic heterocycles. The summed E-state index contributed by atoms with van der Waals surface area (Å²) < 4.78 is 27.9. The number of sulfonamides is 1. The SMILES string of the molecule is CCCCS(=O)(=O)N1CCCN(C(=O)c2ccn(C)c2)CC1. The van der Waals surface area contributed by atoms with Gasteiger partial charge in [0.25, 0.3) is 5.91 Å². The lowest BCUT2D eigenvalue weighted by Crippen LogP contribution is -2.38. The van der Waals surface area contributed by atoms with Gasteiger partial charge in [-0.25, -0.2) is 12.7 Å². The fourth-order valence-electron chi connectivity index (χ4n) is 2.64. The lowest BCUT2D eigenvalue weighted by atomic mass is 10.3. The summed E-state index contributed by atoms with van der Waals surface area (Å²) >= 11 is 0. The Morgan fingerprint density at radius 2 is 2.00 bits per heavy atom. The first-order valence-electron chi connectivity index (χ1n) is 7.83. The van der Waals surface area contributed by atoms with Crippen molar-refractivity contribution in [1.82, 2.24) is 13.8 Å². The van der Waals surface area contributed by atoms with Gasteiger partial charge < -0.3 is 9.47 Å². The van der Waals surface area contributed by atoms with Gasteiger partial charge in [0.15, 0.2) is 0 Å². The third kappa shape index (κ3) is 4.10. The Labute approximate surface area is 132 Å². The highest BCUT2D eigenvalue weighted by Gasteiger charge is 2.26. The minimum Gasteiger partial charge on any atom is -0.356 e. The van der Waals surface area contributed by atoms with E-state index in [-0.39, 0.29) is 11.7 Å². The van der Waals surface area contributed by atoms with E-state index in [2.05, 4.69) is 0 Å². The summed E-state index contributed by atoms with van der Waals surface area (Å²) in [6.07, 6.45) is 5.87. The molecule has 2 rings (SSSR count). The second-order valence-corrected chi connectivity index (χ2v) is 7.87. The van der Waals surface area contributed by atoms with Gasteiger partial charge in [0.05, 0.1) is 11.3 Å². The summed E-state index contributed by atoms with van der Waals surface area (Å²) in [6, 6.07) is 1.79. The maximum absolute atomic E-state index is 12.4. The van der Waals surface area contributed by atoms with Crippen LogP contribution in [0, 0.1) is 0 Å². The van der Waals surface area contributed by atoms with Gasteiger partial charge in [-0.2, -0.15) is 0 Å². The zero-order valence-corrected chi connectivity index (χ0v) is 14.2. The van der Waals surface area contributed by atoms with E-state index in [1.54, 1.807) is 21.5 Å². The summed E-state index contributed by atoms with van der Waals surface area (Å²) in [7, 11) is -1.31. The molecule has 0 unspecified atom stereocenters. The van der Waals surface area contributed by atoms with Gasteiger partial charge >= 0.3 is 0 Å². The molecule has 22 heavy (non-hydrogen) atoms. The maximum atomic E-state index is 12.4. The summed E-state index contributed by atoms with van der Waals surface area (Å²) in [5.41, 5.74) is 0.657. The number of unbranched alkanes of at least 4 members (excludes halogenated alkanes) is 1. The van der Waals surface area contributed by atoms with Gasteiger partial charge in [-0.15, -0.1) is 0 Å². The van der Waals surface area contributed by atoms with E-state index in [4.69, 9.17) is 0 Å². The van der Waals surface area contributed by atoms with Crippen LogP contribution in [0.3, 0.4) is 0 Å². The maximum Gasteiger partial charge on any atom is 0.255 e. The Kier molecular flexibility index (Phi) is 5.63. The van der Waals surface area contributed by atoms with Crippen LogP contribution >= 0.6 is 0 Å². The molecule has 0 atom stereocenters. The largest absolute Gasteiger partial charge is 0.356 e. The molecule has 0 N–H and O–H groups in total. The van der Waals surface area contributed by atoms with Crippen LogP contribution in [0.2, 0.25) is 0 Å². The first-order chi connectivity index (χ1) is 10.4. The second kappa shape index (κ2) is 7.28. The molecule has 0 bridgehead atoms. The Morgan fingerprint density at radius 3 is 2.64 bits per heavy atom. The van der Waals surface area contributed by atoms with Gasteiger partial charge in [-0.1, -0.05) is 13.3 Å². The van der Waals surface area contributed by atoms with Crippen molar-refractivity contribution in [2.24, 2.45) is 7.05 Å². The highest BCUT2D eigenvalue weighted by Crippen LogP contribution is 2.13. The van der Waals surface area contributed by atoms with E-state index in [9.17, 15) is 13.2 Å². The number of aryl methyl sites for hydroxylation is 1. The van der Waals surface area contributed by atoms with E-state index in [1.165, 1.54) is 0 Å². The zero-order valence-electron chi connectivity index (χ0n) is 13.4. The minimum absolute atomic E-state index is 0.0200. The molecule has 0 radical (unpaired) electrons. The molecule has 1 saturated heterocycles. The number of hydrogen-bond acceptors (Lipinski definition) is 3. The highest BCUT2D eigenvalue weighted by atomic mass is 32.2. The number of carbonyl (C=O) groups is 1. The summed E-state index contributed by atoms with van der Waals surface area (Å²) in [4.78, 5) is 14.2. The van der Waals surface area contributed by atoms with Crippen LogP contribution in [0.5, 0.6) is 0 Å². The van der Waals surface area contributed by atoms with Crippen LogP contribution in [0.4, 0.5) is 0 Å². The Bertz CT molecular complexity index is 609. The predicted molar refractivity (Wildman–Crippen MR) is 86.2 cm³/mol. The molecule has 1 aliphatic rings. The molecule has 0 aliphatic carbocycles. The van der Waals surface area contributed by atoms with E-state index < -0.39 is 10.0 Å². The van der Waals surface area contributed by atoms with E-state index >= 15 is 0 Å². The first-order valence-corrected chi connectivity index (χ1v) is 9.44. The van der Waals surface area contributed by atoms with Crippen molar-refractivity contribution in [3.8, 4) is 0 Å². The predicted octanol–water partition coefficient (Wildman–Crippen LogP) is 1.30. The fourth-order valence-corrected chi connectivity index (χ4v) is 4.32. The molecule has 0 spiro atoms. The van der Waals surface area contributed by atoms with Gasteiger partial charge in [-0.3, -0.25) is 4.79 Å². The number of nitrogens with zero attached hydrogens (tertiary/aromatic N) is 3. The Balaban J connectivity index is 1.99. The zero-order chi connectivity index (χ0) is 16.2. The Hall–Kier alpha value is -1.34. The van der Waals surface area contributed by atoms with Crippen molar-refractivity contribution in [2.75, 3.05) is 31.9 Å². The van der Waals surface area contributed by atoms with Crippen LogP contribution in [0.15, 0.2) is 18.5 Å². The number of rotatable bonds is 5. The molecule has 1 amide bonds. The van der Waals surface area contributed by atoms with E-state index in [0.29, 0.717) is 44.6 Å². The van der Waals surface area contributed by atoms with Crippen molar-refractivity contribution in [3.05, 3.63) is 24.0 Å². The standard InChI is InChI=1S/C15H25N3O3S/c1-3-4-12-22(20,21)18-8-5-7-17(10-11-18)15(19)14-6-9-16(2)13-14/h6,9,13H,3-5,7-8,10-12H2,1-2H3. The fraction of sp³-hybridized carbons (Fsp3) is 0.667. The smallest absolute Gasteiger partial charge is 0.255 e. The third-order valence-corrected chi connectivity index (χ3v) is 5.93. The van der Waals surface area contributed by atoms with Crippen molar-refractivity contribution in [2.45, 2.75) is 26.2 Å². The molecular weight excluding hydrogens is 302 g/mol. The molecule has 6 nitrogen and oxygen atoms in total. The van der Waals surface area contributed by atoms with Crippen molar-refractivity contribution in [3.63, 3.8) is 0 Å². The van der Waals surface area contributed by atoms with Crippen molar-refractivity contribution in [1.29, 1.82) is 0 Å². The topological polar surface area (TPSA) is 62.6 Å². The van der Waals surface area contributed by atoms with Gasteiger partial charge in [-0.05, 0) is 18.9 Å². The lowest BCUT2D eigenvalue weighted by Gasteiger charge is -2.21. The Morgan fingerprint density at radius 1 is 1.23 bits per heavy atom. The van der Waals surface area contributed by atoms with E-state index in [1.807, 2.05) is 24.7 Å². The van der Waals surface area contributed by atoms with Gasteiger partial charge in [0.1, 0.15) is 0 Å². The van der Waals surface area contributed by atoms with Crippen molar-refractivity contribution < 1.29 is 13.2 Å². The highest BCUT2D eigenvalue weighted by molar-refractivity contribution is 7.89. The molecular formula is C15H25N3O3S. The van der Waals surface area contributed by atoms with Crippen LogP contribution < -0.4 is 0 Å². The molecule has 1 fully saturated rings. The monoisotopic (exact) mass is 327 g/mol. The summed E-state index contributed by atoms with van der Waals surface area (Å²) in [6.45, 7) is 3.94. The number of aromatic nitrogens is 1. The molecule has 0 saturated carbocycles. The minimum atomic E-state index is -3.19. The first kappa shape index (κ1) is 17.0. The molecule has 7 heteroatoms. The molecule has 0 aromatic carbocycles. The van der Waals surface area contributed by atoms with Crippen LogP contribution in [0.25, 0.3) is 0 Å². The summed E-state index contributed by atoms with van der Waals surface area (Å²) in [5.74, 6) is 0.185.